The van der Waals surface area contributed by atoms with E-state index in [0.29, 0.717) is 12.8 Å². The van der Waals surface area contributed by atoms with Gasteiger partial charge in [0.2, 0.25) is 5.91 Å². The second kappa shape index (κ2) is 6.81. The zero-order valence-electron chi connectivity index (χ0n) is 9.03. The van der Waals surface area contributed by atoms with Crippen molar-refractivity contribution in [2.75, 3.05) is 6.54 Å². The van der Waals surface area contributed by atoms with E-state index in [-0.39, 0.29) is 11.5 Å². The molecule has 4 heteroatoms. The molecule has 1 aliphatic rings. The molecule has 1 N–H and O–H groups in total. The molecule has 0 aromatic carbocycles. The summed E-state index contributed by atoms with van der Waals surface area (Å²) in [6, 6.07) is 0. The highest BCUT2D eigenvalue weighted by molar-refractivity contribution is 5.85. The largest absolute Gasteiger partial charge is 0.478 e. The van der Waals surface area contributed by atoms with E-state index in [1.807, 2.05) is 0 Å². The number of rotatable bonds is 3. The van der Waals surface area contributed by atoms with Crippen molar-refractivity contribution in [3.8, 4) is 0 Å². The monoisotopic (exact) mass is 211 g/mol. The zero-order valence-corrected chi connectivity index (χ0v) is 9.03. The molecular formula is C11H17NO3. The van der Waals surface area contributed by atoms with E-state index in [9.17, 15) is 9.59 Å². The zero-order chi connectivity index (χ0) is 11.8. The van der Waals surface area contributed by atoms with Gasteiger partial charge in [0, 0.05) is 18.5 Å². The van der Waals surface area contributed by atoms with Gasteiger partial charge in [-0.15, -0.1) is 0 Å². The molecule has 0 aliphatic carbocycles. The molecule has 0 saturated carbocycles. The number of aliphatic carboxylic acids is 1. The number of carboxylic acid groups (broad SMARTS) is 1. The SMILES string of the molecule is C=C(CC)C(=O)O.C=CN1CCCC1=O. The molecule has 0 bridgehead atoms. The van der Waals surface area contributed by atoms with Crippen molar-refractivity contribution in [1.29, 1.82) is 0 Å². The number of nitrogens with zero attached hydrogens (tertiary/aromatic N) is 1. The standard InChI is InChI=1S/C6H9NO.C5H8O2/c1-2-7-5-3-4-6(7)8;1-3-4(2)5(6)7/h2H,1,3-5H2;2-3H2,1H3,(H,6,7). The summed E-state index contributed by atoms with van der Waals surface area (Å²) >= 11 is 0. The first-order valence-electron chi connectivity index (χ1n) is 4.86. The first kappa shape index (κ1) is 13.4. The lowest BCUT2D eigenvalue weighted by Gasteiger charge is -2.05. The molecule has 0 unspecified atom stereocenters. The van der Waals surface area contributed by atoms with Gasteiger partial charge in [-0.05, 0) is 19.0 Å². The average molecular weight is 211 g/mol. The number of carbonyl (C=O) groups is 2. The lowest BCUT2D eigenvalue weighted by atomic mass is 10.2. The quantitative estimate of drug-likeness (QED) is 0.724. The van der Waals surface area contributed by atoms with Gasteiger partial charge in [0.05, 0.1) is 0 Å². The number of hydrogen-bond donors (Lipinski definition) is 1. The van der Waals surface area contributed by atoms with E-state index < -0.39 is 5.97 Å². The van der Waals surface area contributed by atoms with E-state index in [1.54, 1.807) is 18.0 Å². The Hall–Kier alpha value is -1.58. The number of hydrogen-bond acceptors (Lipinski definition) is 2. The van der Waals surface area contributed by atoms with Crippen LogP contribution in [0.2, 0.25) is 0 Å². The highest BCUT2D eigenvalue weighted by Crippen LogP contribution is 2.08. The van der Waals surface area contributed by atoms with Gasteiger partial charge >= 0.3 is 5.97 Å². The van der Waals surface area contributed by atoms with Crippen LogP contribution in [0, 0.1) is 0 Å². The number of carbonyl (C=O) groups excluding carboxylic acids is 1. The Kier molecular flexibility index (Phi) is 6.09. The van der Waals surface area contributed by atoms with E-state index in [0.717, 1.165) is 13.0 Å². The second-order valence-corrected chi connectivity index (χ2v) is 3.14. The van der Waals surface area contributed by atoms with Gasteiger partial charge in [-0.1, -0.05) is 20.1 Å². The molecule has 1 rings (SSSR count). The van der Waals surface area contributed by atoms with Gasteiger partial charge in [0.25, 0.3) is 0 Å². The minimum atomic E-state index is -0.900. The summed E-state index contributed by atoms with van der Waals surface area (Å²) in [6.07, 6.45) is 3.81. The Bertz CT molecular complexity index is 271. The predicted octanol–water partition coefficient (Wildman–Crippen LogP) is 1.79. The van der Waals surface area contributed by atoms with Crippen molar-refractivity contribution in [3.05, 3.63) is 24.9 Å². The van der Waals surface area contributed by atoms with Crippen molar-refractivity contribution >= 4 is 11.9 Å². The van der Waals surface area contributed by atoms with Gasteiger partial charge in [0.15, 0.2) is 0 Å². The van der Waals surface area contributed by atoms with Gasteiger partial charge in [0.1, 0.15) is 0 Å². The molecule has 0 aromatic rings. The molecule has 0 radical (unpaired) electrons. The van der Waals surface area contributed by atoms with Crippen molar-refractivity contribution < 1.29 is 14.7 Å². The molecule has 0 aromatic heterocycles. The van der Waals surface area contributed by atoms with Crippen molar-refractivity contribution in [2.45, 2.75) is 26.2 Å². The van der Waals surface area contributed by atoms with Crippen LogP contribution >= 0.6 is 0 Å². The highest BCUT2D eigenvalue weighted by Gasteiger charge is 2.15. The molecule has 1 saturated heterocycles. The lowest BCUT2D eigenvalue weighted by Crippen LogP contribution is -2.16. The minimum absolute atomic E-state index is 0.208. The van der Waals surface area contributed by atoms with Crippen LogP contribution in [0.25, 0.3) is 0 Å². The van der Waals surface area contributed by atoms with Crippen LogP contribution in [0.4, 0.5) is 0 Å². The summed E-state index contributed by atoms with van der Waals surface area (Å²) in [4.78, 5) is 22.1. The molecule has 1 amide bonds. The van der Waals surface area contributed by atoms with Gasteiger partial charge < -0.3 is 10.0 Å². The Morgan fingerprint density at radius 1 is 1.67 bits per heavy atom. The third-order valence-electron chi connectivity index (χ3n) is 2.06. The molecule has 4 nitrogen and oxygen atoms in total. The lowest BCUT2D eigenvalue weighted by molar-refractivity contribution is -0.132. The smallest absolute Gasteiger partial charge is 0.330 e. The predicted molar refractivity (Wildman–Crippen MR) is 58.2 cm³/mol. The summed E-state index contributed by atoms with van der Waals surface area (Å²) in [5.74, 6) is -0.692. The fourth-order valence-corrected chi connectivity index (χ4v) is 1.01. The average Bonchev–Trinajstić information content (AvgIpc) is 2.63. The second-order valence-electron chi connectivity index (χ2n) is 3.14. The molecule has 0 spiro atoms. The van der Waals surface area contributed by atoms with Crippen molar-refractivity contribution in [1.82, 2.24) is 4.90 Å². The van der Waals surface area contributed by atoms with E-state index >= 15 is 0 Å². The highest BCUT2D eigenvalue weighted by atomic mass is 16.4. The van der Waals surface area contributed by atoms with Crippen LogP contribution in [0.3, 0.4) is 0 Å². The molecule has 1 aliphatic heterocycles. The van der Waals surface area contributed by atoms with Crippen molar-refractivity contribution in [3.63, 3.8) is 0 Å². The van der Waals surface area contributed by atoms with Crippen LogP contribution in [0.15, 0.2) is 24.9 Å². The molecule has 1 heterocycles. The first-order chi connectivity index (χ1) is 7.02. The summed E-state index contributed by atoms with van der Waals surface area (Å²) in [5.41, 5.74) is 0.264. The topological polar surface area (TPSA) is 57.6 Å². The van der Waals surface area contributed by atoms with Crippen LogP contribution in [-0.2, 0) is 9.59 Å². The third kappa shape index (κ3) is 5.00. The van der Waals surface area contributed by atoms with Gasteiger partial charge in [-0.25, -0.2) is 4.79 Å². The minimum Gasteiger partial charge on any atom is -0.478 e. The molecule has 0 atom stereocenters. The Balaban J connectivity index is 0.000000265. The Morgan fingerprint density at radius 3 is 2.40 bits per heavy atom. The number of likely N-dealkylation sites (tertiary alicyclic amines) is 1. The maximum Gasteiger partial charge on any atom is 0.330 e. The first-order valence-corrected chi connectivity index (χ1v) is 4.86. The summed E-state index contributed by atoms with van der Waals surface area (Å²) in [7, 11) is 0. The normalized spacial score (nSPS) is 14.2. The van der Waals surface area contributed by atoms with Crippen LogP contribution in [0.1, 0.15) is 26.2 Å². The van der Waals surface area contributed by atoms with Gasteiger partial charge in [-0.2, -0.15) is 0 Å². The van der Waals surface area contributed by atoms with E-state index in [1.165, 1.54) is 0 Å². The third-order valence-corrected chi connectivity index (χ3v) is 2.06. The number of amides is 1. The summed E-state index contributed by atoms with van der Waals surface area (Å²) in [5, 5.41) is 8.08. The van der Waals surface area contributed by atoms with Crippen LogP contribution in [-0.4, -0.2) is 28.4 Å². The fourth-order valence-electron chi connectivity index (χ4n) is 1.01. The summed E-state index contributed by atoms with van der Waals surface area (Å²) < 4.78 is 0. The molecular weight excluding hydrogens is 194 g/mol. The fraction of sp³-hybridized carbons (Fsp3) is 0.455. The molecule has 15 heavy (non-hydrogen) atoms. The van der Waals surface area contributed by atoms with Crippen LogP contribution in [0.5, 0.6) is 0 Å². The van der Waals surface area contributed by atoms with Crippen LogP contribution < -0.4 is 0 Å². The van der Waals surface area contributed by atoms with Gasteiger partial charge in [-0.3, -0.25) is 4.79 Å². The number of carboxylic acids is 1. The Morgan fingerprint density at radius 2 is 2.27 bits per heavy atom. The molecule has 1 fully saturated rings. The maximum absolute atomic E-state index is 10.7. The van der Waals surface area contributed by atoms with Crippen molar-refractivity contribution in [2.24, 2.45) is 0 Å². The van der Waals surface area contributed by atoms with E-state index in [2.05, 4.69) is 13.2 Å². The summed E-state index contributed by atoms with van der Waals surface area (Å²) in [6.45, 7) is 9.40. The van der Waals surface area contributed by atoms with E-state index in [4.69, 9.17) is 5.11 Å². The molecule has 84 valence electrons. The Labute approximate surface area is 89.9 Å². The maximum atomic E-state index is 10.7.